The molecule has 108 valence electrons. The quantitative estimate of drug-likeness (QED) is 0.575. The lowest BCUT2D eigenvalue weighted by molar-refractivity contribution is 0.00536. The van der Waals surface area contributed by atoms with Gasteiger partial charge in [0.1, 0.15) is 0 Å². The maximum absolute atomic E-state index is 6.18. The largest absolute Gasteiger partial charge is 0.464 e. The molecule has 0 radical (unpaired) electrons. The van der Waals surface area contributed by atoms with E-state index in [1.165, 1.54) is 12.8 Å². The number of rotatable bonds is 4. The molecular formula is C15H27BO3. The minimum atomic E-state index is -0.272. The molecule has 2 aliphatic rings. The highest BCUT2D eigenvalue weighted by Gasteiger charge is 2.54. The van der Waals surface area contributed by atoms with Gasteiger partial charge in [0, 0.05) is 12.4 Å². The van der Waals surface area contributed by atoms with Crippen molar-refractivity contribution in [3.63, 3.8) is 0 Å². The summed E-state index contributed by atoms with van der Waals surface area (Å²) in [7, 11) is -0.189. The molecule has 3 nitrogen and oxygen atoms in total. The lowest BCUT2D eigenvalue weighted by Crippen LogP contribution is -2.41. The van der Waals surface area contributed by atoms with E-state index < -0.39 is 0 Å². The van der Waals surface area contributed by atoms with Gasteiger partial charge < -0.3 is 14.0 Å². The van der Waals surface area contributed by atoms with Crippen LogP contribution in [-0.4, -0.2) is 31.0 Å². The van der Waals surface area contributed by atoms with Crippen molar-refractivity contribution in [3.8, 4) is 0 Å². The van der Waals surface area contributed by atoms with Crippen LogP contribution in [-0.2, 0) is 14.0 Å². The standard InChI is InChI=1S/C15H27BO3/c1-6-9-12(13-10-7-8-11-17-13)16-18-14(2,3)15(4,5)19-16/h6,12-13H,1,7-11H2,2-5H3/t12-,13+/m1/s1. The Balaban J connectivity index is 2.10. The summed E-state index contributed by atoms with van der Waals surface area (Å²) in [6, 6.07) is 0. The van der Waals surface area contributed by atoms with Crippen LogP contribution >= 0.6 is 0 Å². The fourth-order valence-corrected chi connectivity index (χ4v) is 2.80. The molecule has 4 heteroatoms. The summed E-state index contributed by atoms with van der Waals surface area (Å²) in [4.78, 5) is 0. The summed E-state index contributed by atoms with van der Waals surface area (Å²) < 4.78 is 18.3. The van der Waals surface area contributed by atoms with E-state index in [0.717, 1.165) is 19.4 Å². The number of hydrogen-bond acceptors (Lipinski definition) is 3. The number of hydrogen-bond donors (Lipinski definition) is 0. The van der Waals surface area contributed by atoms with Crippen LogP contribution in [0.3, 0.4) is 0 Å². The van der Waals surface area contributed by atoms with Gasteiger partial charge in [0.2, 0.25) is 0 Å². The molecule has 0 spiro atoms. The normalized spacial score (nSPS) is 31.2. The van der Waals surface area contributed by atoms with Crippen LogP contribution in [0.25, 0.3) is 0 Å². The molecule has 0 unspecified atom stereocenters. The minimum Gasteiger partial charge on any atom is -0.403 e. The van der Waals surface area contributed by atoms with Gasteiger partial charge in [-0.15, -0.1) is 6.58 Å². The van der Waals surface area contributed by atoms with E-state index in [1.807, 2.05) is 6.08 Å². The molecule has 2 fully saturated rings. The highest BCUT2D eigenvalue weighted by molar-refractivity contribution is 6.47. The second-order valence-electron chi connectivity index (χ2n) is 6.72. The van der Waals surface area contributed by atoms with Crippen LogP contribution in [0.5, 0.6) is 0 Å². The number of ether oxygens (including phenoxy) is 1. The molecule has 0 saturated carbocycles. The zero-order chi connectivity index (χ0) is 14.1. The van der Waals surface area contributed by atoms with E-state index in [0.29, 0.717) is 0 Å². The highest BCUT2D eigenvalue weighted by Crippen LogP contribution is 2.43. The second kappa shape index (κ2) is 5.59. The molecule has 0 aliphatic carbocycles. The predicted molar refractivity (Wildman–Crippen MR) is 78.2 cm³/mol. The summed E-state index contributed by atoms with van der Waals surface area (Å²) in [5, 5.41) is 0. The Kier molecular flexibility index (Phi) is 4.43. The molecule has 0 aromatic carbocycles. The molecule has 0 aromatic heterocycles. The Bertz CT molecular complexity index is 305. The SMILES string of the molecule is C=CC[C@@H](B1OC(C)(C)C(C)(C)O1)[C@@H]1CCCCO1. The van der Waals surface area contributed by atoms with E-state index in [1.54, 1.807) is 0 Å². The monoisotopic (exact) mass is 266 g/mol. The van der Waals surface area contributed by atoms with Crippen molar-refractivity contribution in [2.75, 3.05) is 6.61 Å². The van der Waals surface area contributed by atoms with Gasteiger partial charge in [-0.1, -0.05) is 6.08 Å². The van der Waals surface area contributed by atoms with Crippen LogP contribution in [0.15, 0.2) is 12.7 Å². The third-order valence-electron chi connectivity index (χ3n) is 4.75. The van der Waals surface area contributed by atoms with Crippen LogP contribution < -0.4 is 0 Å². The second-order valence-corrected chi connectivity index (χ2v) is 6.72. The van der Waals surface area contributed by atoms with Crippen molar-refractivity contribution in [2.45, 2.75) is 76.5 Å². The van der Waals surface area contributed by atoms with Crippen LogP contribution in [0.4, 0.5) is 0 Å². The van der Waals surface area contributed by atoms with Crippen LogP contribution in [0, 0.1) is 0 Å². The van der Waals surface area contributed by atoms with Crippen LogP contribution in [0.1, 0.15) is 53.4 Å². The molecule has 0 aromatic rings. The van der Waals surface area contributed by atoms with Crippen molar-refractivity contribution in [1.82, 2.24) is 0 Å². The zero-order valence-electron chi connectivity index (χ0n) is 12.8. The van der Waals surface area contributed by atoms with Gasteiger partial charge in [-0.05, 0) is 53.4 Å². The molecule has 0 N–H and O–H groups in total. The van der Waals surface area contributed by atoms with E-state index in [-0.39, 0.29) is 30.2 Å². The Labute approximate surface area is 117 Å². The van der Waals surface area contributed by atoms with E-state index >= 15 is 0 Å². The fourth-order valence-electron chi connectivity index (χ4n) is 2.80. The Hall–Kier alpha value is -0.315. The highest BCUT2D eigenvalue weighted by atomic mass is 16.7. The van der Waals surface area contributed by atoms with Crippen molar-refractivity contribution in [1.29, 1.82) is 0 Å². The van der Waals surface area contributed by atoms with E-state index in [9.17, 15) is 0 Å². The molecular weight excluding hydrogens is 239 g/mol. The van der Waals surface area contributed by atoms with Crippen molar-refractivity contribution < 1.29 is 14.0 Å². The van der Waals surface area contributed by atoms with E-state index in [4.69, 9.17) is 14.0 Å². The summed E-state index contributed by atoms with van der Waals surface area (Å²) in [6.07, 6.45) is 6.57. The third-order valence-corrected chi connectivity index (χ3v) is 4.75. The zero-order valence-corrected chi connectivity index (χ0v) is 12.8. The summed E-state index contributed by atoms with van der Waals surface area (Å²) >= 11 is 0. The smallest absolute Gasteiger partial charge is 0.403 e. The van der Waals surface area contributed by atoms with Crippen LogP contribution in [0.2, 0.25) is 5.82 Å². The average Bonchev–Trinajstić information content (AvgIpc) is 2.56. The van der Waals surface area contributed by atoms with Crippen molar-refractivity contribution >= 4 is 7.12 Å². The molecule has 2 rings (SSSR count). The molecule has 2 saturated heterocycles. The van der Waals surface area contributed by atoms with Gasteiger partial charge in [0.15, 0.2) is 0 Å². The lowest BCUT2D eigenvalue weighted by atomic mass is 9.65. The first-order valence-corrected chi connectivity index (χ1v) is 7.45. The lowest BCUT2D eigenvalue weighted by Gasteiger charge is -2.32. The number of allylic oxidation sites excluding steroid dienone is 1. The molecule has 19 heavy (non-hydrogen) atoms. The van der Waals surface area contributed by atoms with Gasteiger partial charge >= 0.3 is 7.12 Å². The van der Waals surface area contributed by atoms with Gasteiger partial charge in [-0.2, -0.15) is 0 Å². The van der Waals surface area contributed by atoms with E-state index in [2.05, 4.69) is 34.3 Å². The van der Waals surface area contributed by atoms with Gasteiger partial charge in [-0.3, -0.25) is 0 Å². The predicted octanol–water partition coefficient (Wildman–Crippen LogP) is 3.59. The first-order chi connectivity index (χ1) is 8.87. The first kappa shape index (κ1) is 15.1. The molecule has 0 amide bonds. The summed E-state index contributed by atoms with van der Waals surface area (Å²) in [6.45, 7) is 13.1. The van der Waals surface area contributed by atoms with Gasteiger partial charge in [-0.25, -0.2) is 0 Å². The maximum atomic E-state index is 6.18. The molecule has 2 aliphatic heterocycles. The topological polar surface area (TPSA) is 27.7 Å². The van der Waals surface area contributed by atoms with Crippen molar-refractivity contribution in [2.24, 2.45) is 0 Å². The molecule has 2 heterocycles. The van der Waals surface area contributed by atoms with Gasteiger partial charge in [0.25, 0.3) is 0 Å². The molecule has 2 atom stereocenters. The minimum absolute atomic E-state index is 0.189. The Morgan fingerprint density at radius 2 is 1.84 bits per heavy atom. The summed E-state index contributed by atoms with van der Waals surface area (Å²) in [5.74, 6) is 0.249. The average molecular weight is 266 g/mol. The Morgan fingerprint density at radius 3 is 2.32 bits per heavy atom. The summed E-state index contributed by atoms with van der Waals surface area (Å²) in [5.41, 5.74) is -0.544. The molecule has 0 bridgehead atoms. The fraction of sp³-hybridized carbons (Fsp3) is 0.867. The maximum Gasteiger partial charge on any atom is 0.464 e. The van der Waals surface area contributed by atoms with Gasteiger partial charge in [0.05, 0.1) is 17.3 Å². The Morgan fingerprint density at radius 1 is 1.21 bits per heavy atom. The first-order valence-electron chi connectivity index (χ1n) is 7.45. The third kappa shape index (κ3) is 3.06. The van der Waals surface area contributed by atoms with Crippen molar-refractivity contribution in [3.05, 3.63) is 12.7 Å².